The van der Waals surface area contributed by atoms with Crippen molar-refractivity contribution in [2.75, 3.05) is 36.9 Å². The molecule has 0 saturated heterocycles. The minimum atomic E-state index is -2.54. The maximum Gasteiger partial charge on any atom is 0.329 e. The Balaban J connectivity index is 2.61. The summed E-state index contributed by atoms with van der Waals surface area (Å²) in [5.41, 5.74) is -0.286. The summed E-state index contributed by atoms with van der Waals surface area (Å²) in [6, 6.07) is 0. The van der Waals surface area contributed by atoms with Crippen LogP contribution in [0.1, 0.15) is 13.3 Å². The Hall–Kier alpha value is -2.10. The molecule has 0 atom stereocenters. The standard InChI is InChI=1S/C11H17F2N5O3/c1-2-3-15-11-16-6-8(18(19)20)10(17-11)14-4-5-21-7-9(12)13/h6,9H,2-5,7H2,1H3,(H2,14,15,16,17). The molecule has 0 aliphatic carbocycles. The molecule has 0 amide bonds. The minimum Gasteiger partial charge on any atom is -0.374 e. The zero-order valence-corrected chi connectivity index (χ0v) is 11.5. The predicted octanol–water partition coefficient (Wildman–Crippen LogP) is 1.90. The molecule has 0 aliphatic heterocycles. The SMILES string of the molecule is CCCNc1ncc([N+](=O)[O-])c(NCCOCC(F)F)n1. The Morgan fingerprint density at radius 2 is 2.19 bits per heavy atom. The monoisotopic (exact) mass is 305 g/mol. The van der Waals surface area contributed by atoms with Crippen molar-refractivity contribution in [2.45, 2.75) is 19.8 Å². The van der Waals surface area contributed by atoms with Crippen LogP contribution in [0.4, 0.5) is 26.2 Å². The van der Waals surface area contributed by atoms with Crippen molar-refractivity contribution < 1.29 is 18.4 Å². The summed E-state index contributed by atoms with van der Waals surface area (Å²) in [6.45, 7) is 2.03. The van der Waals surface area contributed by atoms with E-state index in [1.807, 2.05) is 6.92 Å². The fourth-order valence-electron chi connectivity index (χ4n) is 1.38. The predicted molar refractivity (Wildman–Crippen MR) is 72.8 cm³/mol. The molecule has 0 aliphatic rings. The van der Waals surface area contributed by atoms with E-state index in [0.29, 0.717) is 6.54 Å². The maximum atomic E-state index is 11.9. The van der Waals surface area contributed by atoms with Crippen LogP contribution >= 0.6 is 0 Å². The molecule has 1 heterocycles. The van der Waals surface area contributed by atoms with E-state index < -0.39 is 18.0 Å². The summed E-state index contributed by atoms with van der Waals surface area (Å²) < 4.78 is 28.4. The van der Waals surface area contributed by atoms with Gasteiger partial charge in [0.05, 0.1) is 11.5 Å². The maximum absolute atomic E-state index is 11.9. The van der Waals surface area contributed by atoms with Crippen LogP contribution in [0.25, 0.3) is 0 Å². The van der Waals surface area contributed by atoms with Crippen molar-refractivity contribution in [1.82, 2.24) is 9.97 Å². The van der Waals surface area contributed by atoms with Gasteiger partial charge in [-0.25, -0.2) is 13.8 Å². The lowest BCUT2D eigenvalue weighted by molar-refractivity contribution is -0.384. The lowest BCUT2D eigenvalue weighted by Gasteiger charge is -2.09. The number of halogens is 2. The molecule has 0 radical (unpaired) electrons. The highest BCUT2D eigenvalue weighted by molar-refractivity contribution is 5.56. The Kier molecular flexibility index (Phi) is 7.23. The molecule has 0 aromatic carbocycles. The second kappa shape index (κ2) is 8.95. The first kappa shape index (κ1) is 17.0. The number of alkyl halides is 2. The second-order valence-corrected chi connectivity index (χ2v) is 4.00. The fourth-order valence-corrected chi connectivity index (χ4v) is 1.38. The van der Waals surface area contributed by atoms with Gasteiger partial charge in [-0.3, -0.25) is 10.1 Å². The van der Waals surface area contributed by atoms with Gasteiger partial charge in [0.15, 0.2) is 0 Å². The van der Waals surface area contributed by atoms with Crippen molar-refractivity contribution in [3.05, 3.63) is 16.3 Å². The van der Waals surface area contributed by atoms with Gasteiger partial charge in [0, 0.05) is 13.1 Å². The molecule has 2 N–H and O–H groups in total. The first-order valence-electron chi connectivity index (χ1n) is 6.39. The quantitative estimate of drug-likeness (QED) is 0.386. The summed E-state index contributed by atoms with van der Waals surface area (Å²) in [5.74, 6) is 0.285. The number of nitro groups is 1. The van der Waals surface area contributed by atoms with Gasteiger partial charge in [-0.2, -0.15) is 4.98 Å². The normalized spacial score (nSPS) is 10.7. The average Bonchev–Trinajstić information content (AvgIpc) is 2.44. The van der Waals surface area contributed by atoms with E-state index >= 15 is 0 Å². The van der Waals surface area contributed by atoms with E-state index in [1.165, 1.54) is 0 Å². The topological polar surface area (TPSA) is 102 Å². The van der Waals surface area contributed by atoms with Crippen LogP contribution in [0.15, 0.2) is 6.20 Å². The fraction of sp³-hybridized carbons (Fsp3) is 0.636. The largest absolute Gasteiger partial charge is 0.374 e. The third-order valence-electron chi connectivity index (χ3n) is 2.28. The molecule has 118 valence electrons. The number of rotatable bonds is 10. The lowest BCUT2D eigenvalue weighted by Crippen LogP contribution is -2.15. The first-order chi connectivity index (χ1) is 10.0. The summed E-state index contributed by atoms with van der Waals surface area (Å²) in [6.07, 6.45) is -0.596. The third-order valence-corrected chi connectivity index (χ3v) is 2.28. The number of hydrogen-bond donors (Lipinski definition) is 2. The summed E-state index contributed by atoms with van der Waals surface area (Å²) in [5, 5.41) is 16.4. The van der Waals surface area contributed by atoms with Crippen LogP contribution in [-0.4, -0.2) is 47.6 Å². The van der Waals surface area contributed by atoms with E-state index in [9.17, 15) is 18.9 Å². The molecular weight excluding hydrogens is 288 g/mol. The molecule has 0 spiro atoms. The average molecular weight is 305 g/mol. The van der Waals surface area contributed by atoms with Gasteiger partial charge in [-0.15, -0.1) is 0 Å². The molecule has 21 heavy (non-hydrogen) atoms. The number of nitrogens with zero attached hydrogens (tertiary/aromatic N) is 3. The third kappa shape index (κ3) is 6.25. The van der Waals surface area contributed by atoms with Crippen LogP contribution < -0.4 is 10.6 Å². The van der Waals surface area contributed by atoms with Crippen LogP contribution in [0.3, 0.4) is 0 Å². The van der Waals surface area contributed by atoms with Gasteiger partial charge in [0.1, 0.15) is 12.8 Å². The molecule has 0 saturated carbocycles. The Morgan fingerprint density at radius 3 is 2.81 bits per heavy atom. The van der Waals surface area contributed by atoms with Gasteiger partial charge in [0.25, 0.3) is 6.43 Å². The Bertz CT molecular complexity index is 461. The molecule has 8 nitrogen and oxygen atoms in total. The molecular formula is C11H17F2N5O3. The summed E-state index contributed by atoms with van der Waals surface area (Å²) in [7, 11) is 0. The lowest BCUT2D eigenvalue weighted by atomic mass is 10.4. The Labute approximate surface area is 120 Å². The van der Waals surface area contributed by atoms with Crippen molar-refractivity contribution >= 4 is 17.5 Å². The number of nitrogens with one attached hydrogen (secondary N) is 2. The van der Waals surface area contributed by atoms with Crippen LogP contribution in [-0.2, 0) is 4.74 Å². The molecule has 1 rings (SSSR count). The van der Waals surface area contributed by atoms with E-state index in [2.05, 4.69) is 25.3 Å². The molecule has 1 aromatic rings. The zero-order valence-electron chi connectivity index (χ0n) is 11.5. The van der Waals surface area contributed by atoms with Crippen molar-refractivity contribution in [3.63, 3.8) is 0 Å². The van der Waals surface area contributed by atoms with Gasteiger partial charge in [-0.1, -0.05) is 6.92 Å². The molecule has 0 unspecified atom stereocenters. The first-order valence-corrected chi connectivity index (χ1v) is 6.39. The number of ether oxygens (including phenoxy) is 1. The highest BCUT2D eigenvalue weighted by atomic mass is 19.3. The van der Waals surface area contributed by atoms with Crippen LogP contribution in [0, 0.1) is 10.1 Å². The number of hydrogen-bond acceptors (Lipinski definition) is 7. The van der Waals surface area contributed by atoms with Gasteiger partial charge < -0.3 is 15.4 Å². The summed E-state index contributed by atoms with van der Waals surface area (Å²) >= 11 is 0. The second-order valence-electron chi connectivity index (χ2n) is 4.00. The zero-order chi connectivity index (χ0) is 15.7. The van der Waals surface area contributed by atoms with Crippen LogP contribution in [0.5, 0.6) is 0 Å². The van der Waals surface area contributed by atoms with Gasteiger partial charge in [-0.05, 0) is 6.42 Å². The minimum absolute atomic E-state index is 0.0107. The molecule has 0 fully saturated rings. The van der Waals surface area contributed by atoms with Gasteiger partial charge in [0.2, 0.25) is 11.8 Å². The van der Waals surface area contributed by atoms with Crippen molar-refractivity contribution in [2.24, 2.45) is 0 Å². The van der Waals surface area contributed by atoms with Crippen molar-refractivity contribution in [1.29, 1.82) is 0 Å². The van der Waals surface area contributed by atoms with Crippen LogP contribution in [0.2, 0.25) is 0 Å². The molecule has 0 bridgehead atoms. The highest BCUT2D eigenvalue weighted by Crippen LogP contribution is 2.21. The smallest absolute Gasteiger partial charge is 0.329 e. The van der Waals surface area contributed by atoms with Gasteiger partial charge >= 0.3 is 5.69 Å². The number of aromatic nitrogens is 2. The Morgan fingerprint density at radius 1 is 1.43 bits per heavy atom. The highest BCUT2D eigenvalue weighted by Gasteiger charge is 2.16. The molecule has 1 aromatic heterocycles. The number of anilines is 2. The van der Waals surface area contributed by atoms with E-state index in [-0.39, 0.29) is 30.6 Å². The van der Waals surface area contributed by atoms with E-state index in [1.54, 1.807) is 0 Å². The van der Waals surface area contributed by atoms with Crippen molar-refractivity contribution in [3.8, 4) is 0 Å². The van der Waals surface area contributed by atoms with E-state index in [0.717, 1.165) is 12.6 Å². The summed E-state index contributed by atoms with van der Waals surface area (Å²) in [4.78, 5) is 18.1. The molecule has 10 heteroatoms. The van der Waals surface area contributed by atoms with E-state index in [4.69, 9.17) is 0 Å².